The smallest absolute Gasteiger partial charge is 0.124 e. The lowest BCUT2D eigenvalue weighted by Gasteiger charge is -2.10. The maximum Gasteiger partial charge on any atom is 0.124 e. The van der Waals surface area contributed by atoms with Gasteiger partial charge in [-0.3, -0.25) is 0 Å². The second-order valence-corrected chi connectivity index (χ2v) is 5.22. The van der Waals surface area contributed by atoms with Crippen molar-refractivity contribution in [3.05, 3.63) is 45.8 Å². The molecule has 1 heterocycles. The Kier molecular flexibility index (Phi) is 4.57. The van der Waals surface area contributed by atoms with Crippen molar-refractivity contribution in [2.75, 3.05) is 5.32 Å². The molecule has 1 aromatic carbocycles. The van der Waals surface area contributed by atoms with Crippen molar-refractivity contribution in [1.29, 1.82) is 0 Å². The summed E-state index contributed by atoms with van der Waals surface area (Å²) in [5.74, 6) is -0.207. The van der Waals surface area contributed by atoms with Crippen molar-refractivity contribution >= 4 is 28.3 Å². The molecule has 0 bridgehead atoms. The van der Waals surface area contributed by atoms with Gasteiger partial charge in [0.15, 0.2) is 0 Å². The van der Waals surface area contributed by atoms with Gasteiger partial charge in [-0.05, 0) is 47.2 Å². The summed E-state index contributed by atoms with van der Waals surface area (Å²) >= 11 is 2.13. The van der Waals surface area contributed by atoms with Crippen LogP contribution < -0.4 is 5.32 Å². The summed E-state index contributed by atoms with van der Waals surface area (Å²) in [5, 5.41) is 3.31. The van der Waals surface area contributed by atoms with Gasteiger partial charge in [0.2, 0.25) is 0 Å². The maximum atomic E-state index is 13.0. The van der Waals surface area contributed by atoms with Crippen LogP contribution in [-0.4, -0.2) is 9.55 Å². The molecule has 0 fully saturated rings. The number of aromatic nitrogens is 2. The molecule has 3 nitrogen and oxygen atoms in total. The van der Waals surface area contributed by atoms with E-state index in [0.717, 1.165) is 27.9 Å². The van der Waals surface area contributed by atoms with Crippen LogP contribution in [0.15, 0.2) is 30.7 Å². The van der Waals surface area contributed by atoms with Gasteiger partial charge < -0.3 is 9.88 Å². The number of anilines is 1. The van der Waals surface area contributed by atoms with Gasteiger partial charge in [-0.2, -0.15) is 0 Å². The highest BCUT2D eigenvalue weighted by atomic mass is 127. The Morgan fingerprint density at radius 2 is 2.28 bits per heavy atom. The van der Waals surface area contributed by atoms with Gasteiger partial charge in [-0.1, -0.05) is 6.92 Å². The largest absolute Gasteiger partial charge is 0.379 e. The van der Waals surface area contributed by atoms with Crippen LogP contribution in [0.25, 0.3) is 0 Å². The number of halogens is 2. The molecular formula is C13H15FIN3. The van der Waals surface area contributed by atoms with E-state index in [1.165, 1.54) is 12.1 Å². The first-order valence-electron chi connectivity index (χ1n) is 5.88. The van der Waals surface area contributed by atoms with Gasteiger partial charge in [0.1, 0.15) is 5.82 Å². The fraction of sp³-hybridized carbons (Fsp3) is 0.308. The highest BCUT2D eigenvalue weighted by molar-refractivity contribution is 14.1. The number of benzene rings is 1. The fourth-order valence-electron chi connectivity index (χ4n) is 1.76. The van der Waals surface area contributed by atoms with Crippen molar-refractivity contribution < 1.29 is 4.39 Å². The Bertz CT molecular complexity index is 525. The SMILES string of the molecule is CCCn1cncc1CNc1ccc(F)cc1I. The van der Waals surface area contributed by atoms with Crippen molar-refractivity contribution in [3.63, 3.8) is 0 Å². The zero-order chi connectivity index (χ0) is 13.0. The number of aryl methyl sites for hydroxylation is 1. The lowest BCUT2D eigenvalue weighted by molar-refractivity contribution is 0.627. The highest BCUT2D eigenvalue weighted by Gasteiger charge is 2.04. The van der Waals surface area contributed by atoms with Gasteiger partial charge in [0.05, 0.1) is 18.6 Å². The second kappa shape index (κ2) is 6.17. The zero-order valence-corrected chi connectivity index (χ0v) is 12.3. The number of rotatable bonds is 5. The molecule has 0 spiro atoms. The first kappa shape index (κ1) is 13.3. The average Bonchev–Trinajstić information content (AvgIpc) is 2.76. The first-order valence-corrected chi connectivity index (χ1v) is 6.96. The number of hydrogen-bond donors (Lipinski definition) is 1. The number of hydrogen-bond acceptors (Lipinski definition) is 2. The Morgan fingerprint density at radius 1 is 1.44 bits per heavy atom. The highest BCUT2D eigenvalue weighted by Crippen LogP contribution is 2.19. The summed E-state index contributed by atoms with van der Waals surface area (Å²) in [6.45, 7) is 3.80. The van der Waals surface area contributed by atoms with Gasteiger partial charge in [-0.25, -0.2) is 9.37 Å². The Hall–Kier alpha value is -1.11. The molecule has 0 atom stereocenters. The van der Waals surface area contributed by atoms with Gasteiger partial charge in [0, 0.05) is 22.0 Å². The Labute approximate surface area is 120 Å². The molecule has 0 aliphatic heterocycles. The van der Waals surface area contributed by atoms with E-state index in [2.05, 4.69) is 44.4 Å². The summed E-state index contributed by atoms with van der Waals surface area (Å²) in [7, 11) is 0. The normalized spacial score (nSPS) is 10.6. The summed E-state index contributed by atoms with van der Waals surface area (Å²) in [6.07, 6.45) is 4.78. The lowest BCUT2D eigenvalue weighted by atomic mass is 10.3. The first-order chi connectivity index (χ1) is 8.70. The second-order valence-electron chi connectivity index (χ2n) is 4.06. The topological polar surface area (TPSA) is 29.9 Å². The molecule has 2 aromatic rings. The third-order valence-electron chi connectivity index (χ3n) is 2.65. The maximum absolute atomic E-state index is 13.0. The molecule has 0 unspecified atom stereocenters. The van der Waals surface area contributed by atoms with Crippen LogP contribution >= 0.6 is 22.6 Å². The van der Waals surface area contributed by atoms with E-state index in [0.29, 0.717) is 6.54 Å². The molecule has 0 radical (unpaired) electrons. The molecule has 1 aromatic heterocycles. The number of nitrogens with one attached hydrogen (secondary N) is 1. The van der Waals surface area contributed by atoms with Crippen molar-refractivity contribution in [2.45, 2.75) is 26.4 Å². The molecular weight excluding hydrogens is 344 g/mol. The number of nitrogens with zero attached hydrogens (tertiary/aromatic N) is 2. The Morgan fingerprint density at radius 3 is 3.00 bits per heavy atom. The minimum atomic E-state index is -0.207. The minimum Gasteiger partial charge on any atom is -0.379 e. The van der Waals surface area contributed by atoms with E-state index in [9.17, 15) is 4.39 Å². The molecule has 96 valence electrons. The summed E-state index contributed by atoms with van der Waals surface area (Å²) in [4.78, 5) is 4.15. The quantitative estimate of drug-likeness (QED) is 0.826. The van der Waals surface area contributed by atoms with E-state index in [4.69, 9.17) is 0 Å². The molecule has 0 saturated heterocycles. The van der Waals surface area contributed by atoms with Gasteiger partial charge in [-0.15, -0.1) is 0 Å². The van der Waals surface area contributed by atoms with E-state index < -0.39 is 0 Å². The molecule has 5 heteroatoms. The van der Waals surface area contributed by atoms with Crippen molar-refractivity contribution in [1.82, 2.24) is 9.55 Å². The molecule has 0 aliphatic rings. The van der Waals surface area contributed by atoms with Crippen molar-refractivity contribution in [2.24, 2.45) is 0 Å². The minimum absolute atomic E-state index is 0.207. The Balaban J connectivity index is 2.04. The monoisotopic (exact) mass is 359 g/mol. The fourth-order valence-corrected chi connectivity index (χ4v) is 2.42. The summed E-state index contributed by atoms with van der Waals surface area (Å²) in [6, 6.07) is 4.75. The van der Waals surface area contributed by atoms with Crippen molar-refractivity contribution in [3.8, 4) is 0 Å². The van der Waals surface area contributed by atoms with Gasteiger partial charge in [0.25, 0.3) is 0 Å². The van der Waals surface area contributed by atoms with E-state index in [1.807, 2.05) is 12.5 Å². The van der Waals surface area contributed by atoms with Crippen LogP contribution in [0, 0.1) is 9.39 Å². The summed E-state index contributed by atoms with van der Waals surface area (Å²) < 4.78 is 16.0. The predicted octanol–water partition coefficient (Wildman–Crippen LogP) is 3.65. The van der Waals surface area contributed by atoms with Crippen LogP contribution in [0.3, 0.4) is 0 Å². The van der Waals surface area contributed by atoms with Crippen LogP contribution in [0.2, 0.25) is 0 Å². The van der Waals surface area contributed by atoms with Gasteiger partial charge >= 0.3 is 0 Å². The molecule has 18 heavy (non-hydrogen) atoms. The molecule has 0 aliphatic carbocycles. The lowest BCUT2D eigenvalue weighted by Crippen LogP contribution is -2.07. The van der Waals surface area contributed by atoms with E-state index in [-0.39, 0.29) is 5.82 Å². The zero-order valence-electron chi connectivity index (χ0n) is 10.2. The molecule has 2 rings (SSSR count). The molecule has 1 N–H and O–H groups in total. The van der Waals surface area contributed by atoms with Crippen LogP contribution in [-0.2, 0) is 13.1 Å². The van der Waals surface area contributed by atoms with E-state index >= 15 is 0 Å². The predicted molar refractivity (Wildman–Crippen MR) is 79.0 cm³/mol. The summed E-state index contributed by atoms with van der Waals surface area (Å²) in [5.41, 5.74) is 2.08. The standard InChI is InChI=1S/C13H15FIN3/c1-2-5-18-9-16-7-11(18)8-17-13-4-3-10(14)6-12(13)15/h3-4,6-7,9,17H,2,5,8H2,1H3. The molecule has 0 saturated carbocycles. The average molecular weight is 359 g/mol. The number of imidazole rings is 1. The third kappa shape index (κ3) is 3.22. The van der Waals surface area contributed by atoms with Crippen LogP contribution in [0.1, 0.15) is 19.0 Å². The third-order valence-corrected chi connectivity index (χ3v) is 3.55. The molecule has 0 amide bonds. The van der Waals surface area contributed by atoms with E-state index in [1.54, 1.807) is 6.07 Å². The van der Waals surface area contributed by atoms with Crippen LogP contribution in [0.5, 0.6) is 0 Å². The van der Waals surface area contributed by atoms with Crippen LogP contribution in [0.4, 0.5) is 10.1 Å².